The third-order valence-electron chi connectivity index (χ3n) is 9.27. The molecule has 1 rings (SSSR count). The third kappa shape index (κ3) is 24.3. The van der Waals surface area contributed by atoms with Crippen LogP contribution in [0.4, 0.5) is 0 Å². The normalized spacial score (nSPS) is 22.5. The molecule has 1 fully saturated rings. The fourth-order valence-electron chi connectivity index (χ4n) is 5.93. The van der Waals surface area contributed by atoms with Crippen LogP contribution in [-0.4, -0.2) is 87.5 Å². The van der Waals surface area contributed by atoms with E-state index in [9.17, 15) is 30.3 Å². The van der Waals surface area contributed by atoms with E-state index in [1.165, 1.54) is 51.4 Å². The van der Waals surface area contributed by atoms with Gasteiger partial charge in [-0.25, -0.2) is 0 Å². The summed E-state index contributed by atoms with van der Waals surface area (Å²) in [7, 11) is 0. The molecule has 0 aromatic carbocycles. The Morgan fingerprint density at radius 3 is 1.79 bits per heavy atom. The molecular formula is C43H75NO8. The summed E-state index contributed by atoms with van der Waals surface area (Å²) in [6.07, 6.45) is 35.5. The Kier molecular flexibility index (Phi) is 30.8. The maximum Gasteiger partial charge on any atom is 0.220 e. The molecule has 0 saturated carbocycles. The zero-order chi connectivity index (χ0) is 38.1. The van der Waals surface area contributed by atoms with E-state index in [2.05, 4.69) is 67.8 Å². The quantitative estimate of drug-likeness (QED) is 0.0305. The molecule has 1 amide bonds. The van der Waals surface area contributed by atoms with Crippen molar-refractivity contribution < 1.29 is 39.8 Å². The maximum atomic E-state index is 12.9. The molecule has 0 aliphatic carbocycles. The number of carbonyl (C=O) groups excluding carboxylic acids is 1. The molecule has 7 atom stereocenters. The molecule has 52 heavy (non-hydrogen) atoms. The van der Waals surface area contributed by atoms with Gasteiger partial charge in [0.1, 0.15) is 24.4 Å². The lowest BCUT2D eigenvalue weighted by Gasteiger charge is -2.40. The molecule has 0 radical (unpaired) electrons. The van der Waals surface area contributed by atoms with Gasteiger partial charge in [0, 0.05) is 6.42 Å². The highest BCUT2D eigenvalue weighted by atomic mass is 16.7. The van der Waals surface area contributed by atoms with Gasteiger partial charge in [-0.1, -0.05) is 132 Å². The van der Waals surface area contributed by atoms with Crippen molar-refractivity contribution >= 4 is 5.91 Å². The number of hydrogen-bond donors (Lipinski definition) is 6. The lowest BCUT2D eigenvalue weighted by Crippen LogP contribution is -2.60. The summed E-state index contributed by atoms with van der Waals surface area (Å²) < 4.78 is 11.1. The van der Waals surface area contributed by atoms with E-state index in [4.69, 9.17) is 9.47 Å². The molecule has 0 bridgehead atoms. The largest absolute Gasteiger partial charge is 0.394 e. The molecule has 0 aromatic rings. The van der Waals surface area contributed by atoms with E-state index in [1.807, 2.05) is 6.08 Å². The van der Waals surface area contributed by atoms with Crippen molar-refractivity contribution in [1.29, 1.82) is 0 Å². The minimum Gasteiger partial charge on any atom is -0.394 e. The molecule has 9 heteroatoms. The predicted molar refractivity (Wildman–Crippen MR) is 212 cm³/mol. The molecule has 1 aliphatic heterocycles. The second-order valence-corrected chi connectivity index (χ2v) is 14.1. The van der Waals surface area contributed by atoms with Gasteiger partial charge < -0.3 is 40.3 Å². The summed E-state index contributed by atoms with van der Waals surface area (Å²) in [6.45, 7) is 3.62. The number of unbranched alkanes of at least 4 members (excludes halogenated alkanes) is 14. The van der Waals surface area contributed by atoms with Gasteiger partial charge in [0.15, 0.2) is 6.29 Å². The first kappa shape index (κ1) is 47.9. The van der Waals surface area contributed by atoms with Gasteiger partial charge in [-0.2, -0.15) is 0 Å². The highest BCUT2D eigenvalue weighted by Crippen LogP contribution is 2.22. The van der Waals surface area contributed by atoms with Crippen molar-refractivity contribution in [2.75, 3.05) is 13.2 Å². The molecule has 1 aliphatic rings. The number of aliphatic hydroxyl groups is 5. The molecule has 0 aromatic heterocycles. The van der Waals surface area contributed by atoms with Crippen molar-refractivity contribution in [3.05, 3.63) is 60.8 Å². The topological polar surface area (TPSA) is 149 Å². The number of hydrogen-bond acceptors (Lipinski definition) is 8. The lowest BCUT2D eigenvalue weighted by atomic mass is 9.99. The number of nitrogens with one attached hydrogen (secondary N) is 1. The summed E-state index contributed by atoms with van der Waals surface area (Å²) in [5, 5.41) is 53.9. The second-order valence-electron chi connectivity index (χ2n) is 14.1. The Hall–Kier alpha value is -2.11. The average molecular weight is 734 g/mol. The zero-order valence-corrected chi connectivity index (χ0v) is 32.5. The van der Waals surface area contributed by atoms with E-state index in [1.54, 1.807) is 6.08 Å². The van der Waals surface area contributed by atoms with Crippen LogP contribution in [0.3, 0.4) is 0 Å². The SMILES string of the molecule is CCC/C=C/CC/C=C/CC/C=C/C(O)C(COC1OC(CO)C(O)C(O)C1O)NC(=O)CCCCCCCCC/C=C\C/C=C\CCCCCC. The number of ether oxygens (including phenoxy) is 2. The van der Waals surface area contributed by atoms with Gasteiger partial charge in [0.2, 0.25) is 5.91 Å². The van der Waals surface area contributed by atoms with E-state index in [0.29, 0.717) is 6.42 Å². The Morgan fingerprint density at radius 1 is 0.654 bits per heavy atom. The Labute approximate surface area is 316 Å². The molecule has 7 unspecified atom stereocenters. The summed E-state index contributed by atoms with van der Waals surface area (Å²) in [4.78, 5) is 12.9. The van der Waals surface area contributed by atoms with E-state index >= 15 is 0 Å². The molecule has 9 nitrogen and oxygen atoms in total. The first-order chi connectivity index (χ1) is 25.3. The van der Waals surface area contributed by atoms with Crippen LogP contribution in [0.25, 0.3) is 0 Å². The second kappa shape index (κ2) is 33.5. The molecular weight excluding hydrogens is 658 g/mol. The van der Waals surface area contributed by atoms with E-state index < -0.39 is 49.5 Å². The van der Waals surface area contributed by atoms with Gasteiger partial charge in [-0.3, -0.25) is 4.79 Å². The molecule has 300 valence electrons. The summed E-state index contributed by atoms with van der Waals surface area (Å²) in [5.41, 5.74) is 0. The summed E-state index contributed by atoms with van der Waals surface area (Å²) >= 11 is 0. The number of rotatable bonds is 32. The average Bonchev–Trinajstić information content (AvgIpc) is 3.14. The van der Waals surface area contributed by atoms with Crippen molar-refractivity contribution in [3.8, 4) is 0 Å². The van der Waals surface area contributed by atoms with Crippen molar-refractivity contribution in [2.24, 2.45) is 0 Å². The van der Waals surface area contributed by atoms with Crippen LogP contribution in [0.2, 0.25) is 0 Å². The van der Waals surface area contributed by atoms with Crippen LogP contribution < -0.4 is 5.32 Å². The number of allylic oxidation sites excluding steroid dienone is 9. The standard InChI is InChI=1S/C43H75NO8/c1-3-5-7-9-11-13-15-16-17-18-19-20-21-23-25-27-29-31-33-39(47)44-36(35-51-43-42(50)41(49)40(48)38(34-45)52-43)37(46)32-30-28-26-24-22-14-12-10-8-6-4-2/h8,10,13,15,17-18,22,24,30,32,36-38,40-43,45-46,48-50H,3-7,9,11-12,14,16,19-21,23,25-29,31,33-35H2,1-2H3,(H,44,47)/b10-8+,15-13-,18-17-,24-22+,32-30+. The van der Waals surface area contributed by atoms with Crippen LogP contribution in [0.15, 0.2) is 60.8 Å². The first-order valence-electron chi connectivity index (χ1n) is 20.5. The molecule has 0 spiro atoms. The number of carbonyl (C=O) groups is 1. The highest BCUT2D eigenvalue weighted by molar-refractivity contribution is 5.76. The summed E-state index contributed by atoms with van der Waals surface area (Å²) in [6, 6.07) is -0.831. The third-order valence-corrected chi connectivity index (χ3v) is 9.27. The van der Waals surface area contributed by atoms with Gasteiger partial charge in [0.25, 0.3) is 0 Å². The first-order valence-corrected chi connectivity index (χ1v) is 20.5. The van der Waals surface area contributed by atoms with Crippen molar-refractivity contribution in [1.82, 2.24) is 5.32 Å². The highest BCUT2D eigenvalue weighted by Gasteiger charge is 2.44. The summed E-state index contributed by atoms with van der Waals surface area (Å²) in [5.74, 6) is -0.205. The van der Waals surface area contributed by atoms with E-state index in [0.717, 1.165) is 77.0 Å². The van der Waals surface area contributed by atoms with Gasteiger partial charge in [-0.05, 0) is 70.6 Å². The minimum atomic E-state index is -1.58. The monoisotopic (exact) mass is 734 g/mol. The Balaban J connectivity index is 2.42. The van der Waals surface area contributed by atoms with Gasteiger partial charge in [-0.15, -0.1) is 0 Å². The van der Waals surface area contributed by atoms with Crippen LogP contribution in [0.5, 0.6) is 0 Å². The minimum absolute atomic E-state index is 0.205. The van der Waals surface area contributed by atoms with Crippen LogP contribution >= 0.6 is 0 Å². The van der Waals surface area contributed by atoms with E-state index in [-0.39, 0.29) is 12.5 Å². The van der Waals surface area contributed by atoms with Crippen LogP contribution in [0.1, 0.15) is 149 Å². The van der Waals surface area contributed by atoms with Gasteiger partial charge >= 0.3 is 0 Å². The zero-order valence-electron chi connectivity index (χ0n) is 32.5. The molecule has 1 heterocycles. The van der Waals surface area contributed by atoms with Crippen molar-refractivity contribution in [2.45, 2.75) is 192 Å². The van der Waals surface area contributed by atoms with Crippen molar-refractivity contribution in [3.63, 3.8) is 0 Å². The maximum absolute atomic E-state index is 12.9. The smallest absolute Gasteiger partial charge is 0.220 e. The predicted octanol–water partition coefficient (Wildman–Crippen LogP) is 7.66. The fourth-order valence-corrected chi connectivity index (χ4v) is 5.93. The fraction of sp³-hybridized carbons (Fsp3) is 0.744. The number of amides is 1. The Bertz CT molecular complexity index is 994. The lowest BCUT2D eigenvalue weighted by molar-refractivity contribution is -0.302. The molecule has 1 saturated heterocycles. The van der Waals surface area contributed by atoms with Gasteiger partial charge in [0.05, 0.1) is 25.4 Å². The van der Waals surface area contributed by atoms with Crippen LogP contribution in [0, 0.1) is 0 Å². The van der Waals surface area contributed by atoms with Crippen LogP contribution in [-0.2, 0) is 14.3 Å². The number of aliphatic hydroxyl groups excluding tert-OH is 5. The Morgan fingerprint density at radius 2 is 1.19 bits per heavy atom. The molecule has 6 N–H and O–H groups in total.